The van der Waals surface area contributed by atoms with E-state index in [2.05, 4.69) is 0 Å². The summed E-state index contributed by atoms with van der Waals surface area (Å²) in [6.45, 7) is 2.48. The first-order valence-electron chi connectivity index (χ1n) is 7.61. The van der Waals surface area contributed by atoms with Crippen LogP contribution < -0.4 is 0 Å². The van der Waals surface area contributed by atoms with E-state index in [4.69, 9.17) is 14.6 Å². The predicted molar refractivity (Wildman–Crippen MR) is 79.8 cm³/mol. The maximum atomic E-state index is 12.4. The van der Waals surface area contributed by atoms with Gasteiger partial charge in [0.1, 0.15) is 5.76 Å². The molecule has 3 atom stereocenters. The van der Waals surface area contributed by atoms with Crippen LogP contribution in [0, 0.1) is 11.8 Å². The minimum atomic E-state index is -0.969. The highest BCUT2D eigenvalue weighted by molar-refractivity contribution is 5.78. The van der Waals surface area contributed by atoms with Gasteiger partial charge in [0.25, 0.3) is 0 Å². The van der Waals surface area contributed by atoms with Gasteiger partial charge in [-0.15, -0.1) is 0 Å². The second kappa shape index (κ2) is 7.30. The van der Waals surface area contributed by atoms with Gasteiger partial charge in [-0.05, 0) is 24.0 Å². The molecule has 0 spiro atoms. The summed E-state index contributed by atoms with van der Waals surface area (Å²) in [5.41, 5.74) is 0. The van der Waals surface area contributed by atoms with E-state index in [0.29, 0.717) is 13.1 Å². The molecule has 0 bridgehead atoms. The van der Waals surface area contributed by atoms with Crippen LogP contribution in [0.15, 0.2) is 22.8 Å². The molecule has 0 saturated carbocycles. The van der Waals surface area contributed by atoms with E-state index >= 15 is 0 Å². The van der Waals surface area contributed by atoms with Gasteiger partial charge >= 0.3 is 11.9 Å². The van der Waals surface area contributed by atoms with E-state index in [9.17, 15) is 14.4 Å². The normalized spacial score (nSPS) is 22.0. The predicted octanol–water partition coefficient (Wildman–Crippen LogP) is 1.80. The molecular weight excluding hydrogens is 302 g/mol. The lowest BCUT2D eigenvalue weighted by Crippen LogP contribution is -2.30. The summed E-state index contributed by atoms with van der Waals surface area (Å²) >= 11 is 0. The van der Waals surface area contributed by atoms with Crippen molar-refractivity contribution >= 4 is 17.8 Å². The maximum Gasteiger partial charge on any atom is 0.303 e. The minimum absolute atomic E-state index is 0.0750. The highest BCUT2D eigenvalue weighted by Crippen LogP contribution is 2.31. The van der Waals surface area contributed by atoms with Gasteiger partial charge in [0.15, 0.2) is 0 Å². The number of rotatable bonds is 7. The molecule has 0 radical (unpaired) electrons. The number of hydrogen-bond acceptors (Lipinski definition) is 4. The van der Waals surface area contributed by atoms with Crippen LogP contribution in [0.25, 0.3) is 0 Å². The quantitative estimate of drug-likeness (QED) is 0.792. The molecule has 2 N–H and O–H groups in total. The molecule has 1 aromatic rings. The number of likely N-dealkylation sites (tertiary alicyclic amines) is 1. The third kappa shape index (κ3) is 4.58. The second-order valence-corrected chi connectivity index (χ2v) is 6.14. The van der Waals surface area contributed by atoms with Gasteiger partial charge in [-0.25, -0.2) is 0 Å². The number of carbonyl (C=O) groups is 3. The summed E-state index contributed by atoms with van der Waals surface area (Å²) in [4.78, 5) is 35.9. The van der Waals surface area contributed by atoms with Crippen LogP contribution in [0.1, 0.15) is 37.9 Å². The number of carbonyl (C=O) groups excluding carboxylic acids is 1. The molecule has 0 aliphatic carbocycles. The number of carboxylic acid groups (broad SMARTS) is 2. The van der Waals surface area contributed by atoms with Gasteiger partial charge in [0.2, 0.25) is 5.91 Å². The maximum absolute atomic E-state index is 12.4. The molecule has 1 aromatic heterocycles. The number of aliphatic carboxylic acids is 2. The van der Waals surface area contributed by atoms with Crippen LogP contribution in [0.3, 0.4) is 0 Å². The van der Waals surface area contributed by atoms with Crippen molar-refractivity contribution in [3.63, 3.8) is 0 Å². The zero-order valence-corrected chi connectivity index (χ0v) is 13.0. The minimum Gasteiger partial charge on any atom is -0.481 e. The summed E-state index contributed by atoms with van der Waals surface area (Å²) in [6, 6.07) is 3.57. The van der Waals surface area contributed by atoms with Crippen molar-refractivity contribution in [2.45, 2.75) is 32.1 Å². The summed E-state index contributed by atoms with van der Waals surface area (Å²) in [5.74, 6) is -2.02. The Morgan fingerprint density at radius 3 is 2.22 bits per heavy atom. The fourth-order valence-electron chi connectivity index (χ4n) is 3.12. The van der Waals surface area contributed by atoms with Crippen LogP contribution in [0.2, 0.25) is 0 Å². The molecule has 1 amide bonds. The van der Waals surface area contributed by atoms with E-state index < -0.39 is 11.9 Å². The first-order valence-corrected chi connectivity index (χ1v) is 7.61. The molecule has 7 nitrogen and oxygen atoms in total. The summed E-state index contributed by atoms with van der Waals surface area (Å²) in [7, 11) is 0. The third-order valence-corrected chi connectivity index (χ3v) is 4.31. The number of furan rings is 1. The van der Waals surface area contributed by atoms with Gasteiger partial charge in [-0.1, -0.05) is 6.92 Å². The van der Waals surface area contributed by atoms with E-state index in [0.717, 1.165) is 5.76 Å². The molecule has 1 aliphatic rings. The Bertz CT molecular complexity index is 543. The van der Waals surface area contributed by atoms with Crippen molar-refractivity contribution in [3.05, 3.63) is 24.2 Å². The molecule has 1 saturated heterocycles. The smallest absolute Gasteiger partial charge is 0.303 e. The highest BCUT2D eigenvalue weighted by atomic mass is 16.4. The van der Waals surface area contributed by atoms with E-state index in [1.165, 1.54) is 0 Å². The topological polar surface area (TPSA) is 108 Å². The first kappa shape index (κ1) is 17.1. The van der Waals surface area contributed by atoms with E-state index in [1.807, 2.05) is 13.0 Å². The molecule has 2 rings (SSSR count). The molecule has 1 fully saturated rings. The zero-order chi connectivity index (χ0) is 17.0. The Kier molecular flexibility index (Phi) is 5.41. The lowest BCUT2D eigenvalue weighted by Gasteiger charge is -2.18. The largest absolute Gasteiger partial charge is 0.481 e. The van der Waals surface area contributed by atoms with Crippen molar-refractivity contribution in [1.29, 1.82) is 0 Å². The molecule has 2 heterocycles. The van der Waals surface area contributed by atoms with Crippen molar-refractivity contribution < 1.29 is 29.0 Å². The molecule has 0 aromatic carbocycles. The molecule has 1 aliphatic heterocycles. The van der Waals surface area contributed by atoms with Gasteiger partial charge in [0, 0.05) is 25.4 Å². The lowest BCUT2D eigenvalue weighted by atomic mass is 9.90. The SMILES string of the molecule is CC(CC(=O)N1C[C@@H](CC(=O)O)[C@H](CC(=O)O)C1)c1ccco1. The first-order chi connectivity index (χ1) is 10.9. The van der Waals surface area contributed by atoms with Crippen LogP contribution in [-0.4, -0.2) is 46.0 Å². The van der Waals surface area contributed by atoms with Crippen molar-refractivity contribution in [2.24, 2.45) is 11.8 Å². The fraction of sp³-hybridized carbons (Fsp3) is 0.562. The van der Waals surface area contributed by atoms with E-state index in [1.54, 1.807) is 17.2 Å². The van der Waals surface area contributed by atoms with Gasteiger partial charge in [-0.3, -0.25) is 14.4 Å². The van der Waals surface area contributed by atoms with E-state index in [-0.39, 0.29) is 42.9 Å². The summed E-state index contributed by atoms with van der Waals surface area (Å²) in [5, 5.41) is 17.9. The van der Waals surface area contributed by atoms with Gasteiger partial charge < -0.3 is 19.5 Å². The molecular formula is C16H21NO6. The van der Waals surface area contributed by atoms with Crippen molar-refractivity contribution in [1.82, 2.24) is 4.90 Å². The molecule has 1 unspecified atom stereocenters. The molecule has 23 heavy (non-hydrogen) atoms. The average molecular weight is 323 g/mol. The summed E-state index contributed by atoms with van der Waals surface area (Å²) in [6.07, 6.45) is 1.58. The van der Waals surface area contributed by atoms with Crippen LogP contribution >= 0.6 is 0 Å². The number of carboxylic acids is 2. The number of nitrogens with zero attached hydrogens (tertiary/aromatic N) is 1. The fourth-order valence-corrected chi connectivity index (χ4v) is 3.12. The highest BCUT2D eigenvalue weighted by Gasteiger charge is 2.37. The Morgan fingerprint density at radius 2 is 1.78 bits per heavy atom. The monoisotopic (exact) mass is 323 g/mol. The van der Waals surface area contributed by atoms with Gasteiger partial charge in [-0.2, -0.15) is 0 Å². The summed E-state index contributed by atoms with van der Waals surface area (Å²) < 4.78 is 5.28. The standard InChI is InChI=1S/C16H21NO6/c1-10(13-3-2-4-23-13)5-14(18)17-8-11(6-15(19)20)12(9-17)7-16(21)22/h2-4,10-12H,5-9H2,1H3,(H,19,20)(H,21,22)/t10?,11-,12-/m1/s1. The van der Waals surface area contributed by atoms with Crippen molar-refractivity contribution in [2.75, 3.05) is 13.1 Å². The molecule has 7 heteroatoms. The number of hydrogen-bond donors (Lipinski definition) is 2. The average Bonchev–Trinajstić information content (AvgIpc) is 3.08. The van der Waals surface area contributed by atoms with Crippen LogP contribution in [0.4, 0.5) is 0 Å². The van der Waals surface area contributed by atoms with Crippen LogP contribution in [-0.2, 0) is 14.4 Å². The lowest BCUT2D eigenvalue weighted by molar-refractivity contribution is -0.141. The Morgan fingerprint density at radius 1 is 1.22 bits per heavy atom. The Labute approximate surface area is 133 Å². The number of amides is 1. The second-order valence-electron chi connectivity index (χ2n) is 6.14. The zero-order valence-electron chi connectivity index (χ0n) is 13.0. The van der Waals surface area contributed by atoms with Crippen molar-refractivity contribution in [3.8, 4) is 0 Å². The molecule has 126 valence electrons. The Hall–Kier alpha value is -2.31. The third-order valence-electron chi connectivity index (χ3n) is 4.31. The van der Waals surface area contributed by atoms with Crippen LogP contribution in [0.5, 0.6) is 0 Å². The van der Waals surface area contributed by atoms with Gasteiger partial charge in [0.05, 0.1) is 19.1 Å². The Balaban J connectivity index is 1.97.